The van der Waals surface area contributed by atoms with Crippen molar-refractivity contribution in [3.8, 4) is 201 Å². The Hall–Kier alpha value is -18.2. The number of aliphatic hydroxyl groups is 7. The maximum absolute atomic E-state index is 13.9. The first-order chi connectivity index (χ1) is 69.9. The van der Waals surface area contributed by atoms with Crippen LogP contribution < -0.4 is 33.2 Å². The van der Waals surface area contributed by atoms with Gasteiger partial charge in [-0.05, 0) is 124 Å². The highest BCUT2D eigenvalue weighted by Crippen LogP contribution is 2.71. The number of phenolic OH excluding ortho intramolecular Hbond substituents is 28. The fraction of sp³-hybridized carbons (Fsp3) is 0.200. The van der Waals surface area contributed by atoms with E-state index >= 15 is 0 Å². The van der Waals surface area contributed by atoms with E-state index < -0.39 is 401 Å². The first-order valence-electron chi connectivity index (χ1n) is 45.0. The maximum atomic E-state index is 13.9. The minimum Gasteiger partial charge on any atom is -0.508 e. The van der Waals surface area contributed by atoms with E-state index in [9.17, 15) is 179 Å². The second kappa shape index (κ2) is 34.6. The van der Waals surface area contributed by atoms with Crippen LogP contribution >= 0.6 is 0 Å². The number of hydrogen-bond acceptors (Lipinski definition) is 42. The molecule has 20 atom stereocenters. The lowest BCUT2D eigenvalue weighted by Crippen LogP contribution is -2.40. The molecule has 7 aliphatic rings. The molecule has 42 heteroatoms. The van der Waals surface area contributed by atoms with Crippen molar-refractivity contribution in [3.05, 3.63) is 287 Å². The molecule has 147 heavy (non-hydrogen) atoms. The Labute approximate surface area is 823 Å². The van der Waals surface area contributed by atoms with E-state index in [0.29, 0.717) is 30.3 Å². The molecular weight excluding hydrogens is 1930 g/mol. The molecule has 0 saturated heterocycles. The topological polar surface area (TPSA) is 773 Å². The molecule has 14 aromatic rings. The molecule has 0 spiro atoms. The summed E-state index contributed by atoms with van der Waals surface area (Å²) in [7, 11) is 0. The van der Waals surface area contributed by atoms with Crippen LogP contribution in [0.4, 0.5) is 0 Å². The molecule has 7 aliphatic heterocycles. The molecule has 7 heterocycles. The Morgan fingerprint density at radius 1 is 0.156 bits per heavy atom. The van der Waals surface area contributed by atoms with Crippen LogP contribution in [0.25, 0.3) is 0 Å². The van der Waals surface area contributed by atoms with Gasteiger partial charge >= 0.3 is 0 Å². The highest BCUT2D eigenvalue weighted by Gasteiger charge is 2.59. The molecule has 42 nitrogen and oxygen atoms in total. The second-order valence-corrected chi connectivity index (χ2v) is 37.0. The summed E-state index contributed by atoms with van der Waals surface area (Å²) in [5.74, 6) is -45.0. The van der Waals surface area contributed by atoms with Gasteiger partial charge in [0, 0.05) is 127 Å². The number of phenols is 28. The van der Waals surface area contributed by atoms with Gasteiger partial charge in [-0.2, -0.15) is 0 Å². The van der Waals surface area contributed by atoms with Crippen LogP contribution in [0.1, 0.15) is 190 Å². The van der Waals surface area contributed by atoms with Crippen LogP contribution in [0.2, 0.25) is 0 Å². The van der Waals surface area contributed by atoms with Crippen LogP contribution in [0.3, 0.4) is 0 Å². The molecule has 6 unspecified atom stereocenters. The van der Waals surface area contributed by atoms with Crippen LogP contribution in [-0.2, 0) is 6.42 Å². The SMILES string of the molecule is Oc1cc(O)c2c(c1)O[C@H](c1ccc(O)c(O)c1)[C@H](O)C2c1c(O)cc(O)c2c1O[C@H](c1ccc(O)c(O)c1)[C@H](O)C2c1c(O)cc(O)c2c1O[C@H](c1ccc(O)c(O)c1)[C@H](O)C2c1c(O)cc(O)c2c1O[C@H](c1ccc(O)c(O)c1)[C@H](O)C2c1c(O)cc(O)c2c1O[C@H](c1ccc(O)c(O)c1)[C@H](O)C2c1c(O)cc(O)c2c1O[C@H](c1ccc(O)c(O)c1)[C@H](O)C2c1c(O)cc(O)c2c1O[C@H](c1ccc(O)c(O)c1)[C@@H](O)C2. The monoisotopic (exact) mass is 2020 g/mol. The zero-order chi connectivity index (χ0) is 104. The fourth-order valence-corrected chi connectivity index (χ4v) is 21.9. The highest BCUT2D eigenvalue weighted by molar-refractivity contribution is 5.78. The number of aromatic hydroxyl groups is 28. The number of aliphatic hydroxyl groups excluding tert-OH is 7. The van der Waals surface area contributed by atoms with E-state index in [-0.39, 0.29) is 38.9 Å². The first kappa shape index (κ1) is 95.0. The van der Waals surface area contributed by atoms with Gasteiger partial charge in [-0.3, -0.25) is 0 Å². The number of ether oxygens (including phenoxy) is 7. The molecule has 14 aromatic carbocycles. The smallest absolute Gasteiger partial charge is 0.157 e. The van der Waals surface area contributed by atoms with E-state index in [2.05, 4.69) is 0 Å². The van der Waals surface area contributed by atoms with E-state index in [4.69, 9.17) is 33.2 Å². The molecule has 21 rings (SSSR count). The van der Waals surface area contributed by atoms with Crippen LogP contribution in [0.15, 0.2) is 176 Å². The minimum atomic E-state index is -2.53. The lowest BCUT2D eigenvalue weighted by Gasteiger charge is -2.45. The van der Waals surface area contributed by atoms with Gasteiger partial charge < -0.3 is 212 Å². The summed E-state index contributed by atoms with van der Waals surface area (Å²) in [6.45, 7) is 0. The molecule has 758 valence electrons. The summed E-state index contributed by atoms with van der Waals surface area (Å²) < 4.78 is 47.0. The van der Waals surface area contributed by atoms with Crippen LogP contribution in [0, 0.1) is 0 Å². The third-order valence-electron chi connectivity index (χ3n) is 28.5. The minimum absolute atomic E-state index is 0.0307. The normalized spacial score (nSPS) is 24.5. The van der Waals surface area contributed by atoms with Crippen LogP contribution in [-0.4, -0.2) is 221 Å². The Morgan fingerprint density at radius 3 is 0.551 bits per heavy atom. The van der Waals surface area contributed by atoms with Gasteiger partial charge in [0.2, 0.25) is 0 Å². The molecular formula is C105H86O42. The standard InChI is InChI=1S/C105H86O42/c106-38-22-55(122)69-68(23-38)141-94(32-2-9-41(108)49(116)16-32)87(135)81(69)71-57(124)26-59(126)73-83(89(137)96(143-101(71)73)34-4-11-43(110)51(118)18-34)75-61(128)28-63(130)77-85(91(139)98(145-103(75)77)36-6-13-45(112)53(120)20-36)79-65(132)30-66(133)80-86(92(140)99(147-105(79)80)37-7-14-46(113)54(121)21-37)78-64(131)29-62(129)76-84(90(138)97(146-104(76)78)35-5-12-44(111)52(119)19-35)74-60(127)27-58(125)72-82(88(136)95(144-102(72)74)33-3-10-42(109)50(117)17-33)70-56(123)25-47(114)39-24-67(134)93(142-100(39)70)31-1-8-40(107)48(115)15-31/h1-23,25-30,67,81-99,106-140H,24H2/t67-,81?,82?,83?,84?,85?,86?,87+,88+,89+,90+,91+,92+,93+,94+,95+,96+,97+,98+,99+/m0/s1. The van der Waals surface area contributed by atoms with Gasteiger partial charge in [0.25, 0.3) is 0 Å². The molecule has 0 bridgehead atoms. The van der Waals surface area contributed by atoms with E-state index in [1.165, 1.54) is 12.1 Å². The lowest BCUT2D eigenvalue weighted by molar-refractivity contribution is -0.0116. The lowest BCUT2D eigenvalue weighted by atomic mass is 9.70. The van der Waals surface area contributed by atoms with Crippen molar-refractivity contribution >= 4 is 0 Å². The maximum Gasteiger partial charge on any atom is 0.157 e. The second-order valence-electron chi connectivity index (χ2n) is 37.0. The van der Waals surface area contributed by atoms with E-state index in [1.807, 2.05) is 0 Å². The molecule has 0 saturated carbocycles. The predicted molar refractivity (Wildman–Crippen MR) is 497 cm³/mol. The number of hydrogen-bond donors (Lipinski definition) is 35. The third-order valence-corrected chi connectivity index (χ3v) is 28.5. The van der Waals surface area contributed by atoms with Crippen molar-refractivity contribution in [2.75, 3.05) is 0 Å². The molecule has 0 amide bonds. The first-order valence-corrected chi connectivity index (χ1v) is 45.0. The van der Waals surface area contributed by atoms with Crippen molar-refractivity contribution in [2.24, 2.45) is 0 Å². The number of benzene rings is 14. The largest absolute Gasteiger partial charge is 0.508 e. The summed E-state index contributed by atoms with van der Waals surface area (Å²) in [5.41, 5.74) is -11.3. The Bertz CT molecular complexity index is 7850. The molecule has 0 fully saturated rings. The average molecular weight is 2020 g/mol. The van der Waals surface area contributed by atoms with E-state index in [0.717, 1.165) is 133 Å². The van der Waals surface area contributed by atoms with Gasteiger partial charge in [-0.15, -0.1) is 0 Å². The van der Waals surface area contributed by atoms with Gasteiger partial charge in [0.15, 0.2) is 117 Å². The Morgan fingerprint density at radius 2 is 0.333 bits per heavy atom. The highest BCUT2D eigenvalue weighted by atomic mass is 16.5. The number of rotatable bonds is 13. The molecule has 0 radical (unpaired) electrons. The molecule has 35 N–H and O–H groups in total. The van der Waals surface area contributed by atoms with Gasteiger partial charge in [-0.1, -0.05) is 42.5 Å². The zero-order valence-corrected chi connectivity index (χ0v) is 75.0. The van der Waals surface area contributed by atoms with Gasteiger partial charge in [-0.25, -0.2) is 0 Å². The summed E-state index contributed by atoms with van der Waals surface area (Å²) in [6, 6.07) is 26.4. The quantitative estimate of drug-likeness (QED) is 0.0477. The van der Waals surface area contributed by atoms with Gasteiger partial charge in [0.1, 0.15) is 163 Å². The Kier molecular flexibility index (Phi) is 22.3. The third kappa shape index (κ3) is 14.9. The number of fused-ring (bicyclic) bond motifs is 7. The van der Waals surface area contributed by atoms with Crippen molar-refractivity contribution < 1.29 is 212 Å². The zero-order valence-electron chi connectivity index (χ0n) is 75.0. The van der Waals surface area contributed by atoms with Crippen molar-refractivity contribution in [1.29, 1.82) is 0 Å². The summed E-state index contributed by atoms with van der Waals surface area (Å²) >= 11 is 0. The van der Waals surface area contributed by atoms with E-state index in [1.54, 1.807) is 0 Å². The summed E-state index contributed by atoms with van der Waals surface area (Å²) in [6.07, 6.45) is -30.7. The van der Waals surface area contributed by atoms with Crippen molar-refractivity contribution in [2.45, 2.75) is 127 Å². The summed E-state index contributed by atoms with van der Waals surface area (Å²) in [4.78, 5) is 0. The molecule has 0 aliphatic carbocycles. The predicted octanol–water partition coefficient (Wildman–Crippen LogP) is 10.2. The fourth-order valence-electron chi connectivity index (χ4n) is 21.9. The Balaban J connectivity index is 0.811. The molecule has 0 aromatic heterocycles. The van der Waals surface area contributed by atoms with Crippen LogP contribution in [0.5, 0.6) is 201 Å². The summed E-state index contributed by atoms with van der Waals surface area (Å²) in [5, 5.41) is 426. The van der Waals surface area contributed by atoms with Crippen molar-refractivity contribution in [3.63, 3.8) is 0 Å². The van der Waals surface area contributed by atoms with Crippen molar-refractivity contribution in [1.82, 2.24) is 0 Å². The van der Waals surface area contributed by atoms with Gasteiger partial charge in [0.05, 0.1) is 41.6 Å². The average Bonchev–Trinajstić information content (AvgIpc) is 0.699.